The maximum absolute atomic E-state index is 12.7. The summed E-state index contributed by atoms with van der Waals surface area (Å²) in [6.07, 6.45) is 2.10. The molecule has 4 rings (SSSR count). The number of piperidine rings is 1. The number of nitrogens with zero attached hydrogens (tertiary/aromatic N) is 2. The summed E-state index contributed by atoms with van der Waals surface area (Å²) < 4.78 is 11.0. The van der Waals surface area contributed by atoms with Crippen LogP contribution in [-0.2, 0) is 0 Å². The largest absolute Gasteiger partial charge is 0.497 e. The Bertz CT molecular complexity index is 908. The summed E-state index contributed by atoms with van der Waals surface area (Å²) in [7, 11) is 1.63. The number of hydrogen-bond donors (Lipinski definition) is 0. The van der Waals surface area contributed by atoms with Crippen molar-refractivity contribution >= 4 is 27.9 Å². The van der Waals surface area contributed by atoms with Gasteiger partial charge in [-0.3, -0.25) is 4.79 Å². The van der Waals surface area contributed by atoms with E-state index in [4.69, 9.17) is 9.15 Å². The van der Waals surface area contributed by atoms with Crippen LogP contribution in [0, 0.1) is 5.92 Å². The van der Waals surface area contributed by atoms with E-state index < -0.39 is 0 Å². The van der Waals surface area contributed by atoms with Gasteiger partial charge in [0.25, 0.3) is 5.91 Å². The molecule has 1 fully saturated rings. The summed E-state index contributed by atoms with van der Waals surface area (Å²) in [4.78, 5) is 19.1. The van der Waals surface area contributed by atoms with Gasteiger partial charge in [-0.2, -0.15) is 0 Å². The minimum Gasteiger partial charge on any atom is -0.497 e. The first-order valence-corrected chi connectivity index (χ1v) is 8.31. The second-order valence-electron chi connectivity index (χ2n) is 6.53. The summed E-state index contributed by atoms with van der Waals surface area (Å²) >= 11 is 0. The number of carbonyl (C=O) groups excluding carboxylic acids is 1. The van der Waals surface area contributed by atoms with Gasteiger partial charge in [-0.15, -0.1) is 0 Å². The molecule has 1 aliphatic rings. The molecule has 2 aromatic heterocycles. The van der Waals surface area contributed by atoms with E-state index in [1.165, 1.54) is 0 Å². The van der Waals surface area contributed by atoms with Gasteiger partial charge < -0.3 is 14.1 Å². The molecule has 1 aliphatic heterocycles. The van der Waals surface area contributed by atoms with Crippen molar-refractivity contribution in [1.29, 1.82) is 0 Å². The molecule has 5 nitrogen and oxygen atoms in total. The molecule has 1 amide bonds. The van der Waals surface area contributed by atoms with Crippen LogP contribution in [-0.4, -0.2) is 36.0 Å². The van der Waals surface area contributed by atoms with Crippen molar-refractivity contribution in [3.8, 4) is 5.75 Å². The fourth-order valence-electron chi connectivity index (χ4n) is 3.21. The highest BCUT2D eigenvalue weighted by molar-refractivity contribution is 5.98. The summed E-state index contributed by atoms with van der Waals surface area (Å²) in [6.45, 7) is 3.82. The minimum atomic E-state index is -0.0402. The molecule has 5 heteroatoms. The summed E-state index contributed by atoms with van der Waals surface area (Å²) in [6, 6.07) is 9.52. The van der Waals surface area contributed by atoms with Crippen molar-refractivity contribution in [2.45, 2.75) is 19.8 Å². The molecular weight excluding hydrogens is 304 g/mol. The molecule has 0 saturated carbocycles. The van der Waals surface area contributed by atoms with Crippen molar-refractivity contribution < 1.29 is 13.9 Å². The average molecular weight is 324 g/mol. The first kappa shape index (κ1) is 15.0. The zero-order valence-electron chi connectivity index (χ0n) is 13.9. The van der Waals surface area contributed by atoms with Crippen LogP contribution in [0.4, 0.5) is 0 Å². The number of likely N-dealkylation sites (tertiary alicyclic amines) is 1. The van der Waals surface area contributed by atoms with Crippen LogP contribution in [0.15, 0.2) is 34.7 Å². The van der Waals surface area contributed by atoms with E-state index in [0.717, 1.165) is 48.0 Å². The van der Waals surface area contributed by atoms with E-state index in [2.05, 4.69) is 11.9 Å². The number of aromatic nitrogens is 1. The Balaban J connectivity index is 1.69. The molecule has 0 aliphatic carbocycles. The lowest BCUT2D eigenvalue weighted by Crippen LogP contribution is -2.37. The molecule has 1 saturated heterocycles. The lowest BCUT2D eigenvalue weighted by molar-refractivity contribution is 0.0667. The fraction of sp³-hybridized carbons (Fsp3) is 0.368. The molecule has 0 atom stereocenters. The number of furan rings is 1. The first-order chi connectivity index (χ1) is 11.6. The minimum absolute atomic E-state index is 0.0402. The SMILES string of the molecule is COc1ccc2cc3cc(C(=O)N4CCC(C)CC4)oc3nc2c1. The topological polar surface area (TPSA) is 55.6 Å². The van der Waals surface area contributed by atoms with Crippen molar-refractivity contribution in [1.82, 2.24) is 9.88 Å². The highest BCUT2D eigenvalue weighted by atomic mass is 16.5. The Hall–Kier alpha value is -2.56. The van der Waals surface area contributed by atoms with Crippen LogP contribution in [0.1, 0.15) is 30.3 Å². The smallest absolute Gasteiger partial charge is 0.289 e. The number of hydrogen-bond acceptors (Lipinski definition) is 4. The van der Waals surface area contributed by atoms with Crippen LogP contribution < -0.4 is 4.74 Å². The van der Waals surface area contributed by atoms with E-state index in [-0.39, 0.29) is 5.91 Å². The van der Waals surface area contributed by atoms with Crippen LogP contribution in [0.2, 0.25) is 0 Å². The molecule has 0 radical (unpaired) electrons. The van der Waals surface area contributed by atoms with E-state index in [0.29, 0.717) is 17.4 Å². The normalized spacial score (nSPS) is 16.0. The van der Waals surface area contributed by atoms with Crippen molar-refractivity contribution in [2.75, 3.05) is 20.2 Å². The molecular formula is C19H20N2O3. The molecule has 0 N–H and O–H groups in total. The van der Waals surface area contributed by atoms with E-state index in [9.17, 15) is 4.79 Å². The molecule has 3 aromatic rings. The number of fused-ring (bicyclic) bond motifs is 2. The molecule has 0 unspecified atom stereocenters. The maximum atomic E-state index is 12.7. The zero-order valence-corrected chi connectivity index (χ0v) is 13.9. The molecule has 0 spiro atoms. The fourth-order valence-corrected chi connectivity index (χ4v) is 3.21. The number of methoxy groups -OCH3 is 1. The van der Waals surface area contributed by atoms with Gasteiger partial charge in [0.05, 0.1) is 12.6 Å². The van der Waals surface area contributed by atoms with Crippen LogP contribution in [0.3, 0.4) is 0 Å². The lowest BCUT2D eigenvalue weighted by atomic mass is 9.99. The second-order valence-corrected chi connectivity index (χ2v) is 6.53. The van der Waals surface area contributed by atoms with Crippen LogP contribution in [0.25, 0.3) is 22.0 Å². The average Bonchev–Trinajstić information content (AvgIpc) is 3.02. The van der Waals surface area contributed by atoms with Gasteiger partial charge in [0.15, 0.2) is 5.76 Å². The quantitative estimate of drug-likeness (QED) is 0.718. The molecule has 124 valence electrons. The number of pyridine rings is 1. The van der Waals surface area contributed by atoms with Crippen molar-refractivity contribution in [2.24, 2.45) is 5.92 Å². The second kappa shape index (κ2) is 5.82. The number of rotatable bonds is 2. The summed E-state index contributed by atoms with van der Waals surface area (Å²) in [5.41, 5.74) is 1.28. The summed E-state index contributed by atoms with van der Waals surface area (Å²) in [5, 5.41) is 1.84. The number of ether oxygens (including phenoxy) is 1. The summed E-state index contributed by atoms with van der Waals surface area (Å²) in [5.74, 6) is 1.77. The predicted molar refractivity (Wildman–Crippen MR) is 92.4 cm³/mol. The predicted octanol–water partition coefficient (Wildman–Crippen LogP) is 3.86. The van der Waals surface area contributed by atoms with E-state index in [1.807, 2.05) is 29.2 Å². The Labute approximate surface area is 140 Å². The van der Waals surface area contributed by atoms with Gasteiger partial charge >= 0.3 is 0 Å². The monoisotopic (exact) mass is 324 g/mol. The van der Waals surface area contributed by atoms with Gasteiger partial charge in [0.1, 0.15) is 5.75 Å². The molecule has 0 bridgehead atoms. The van der Waals surface area contributed by atoms with Gasteiger partial charge in [0, 0.05) is 29.9 Å². The van der Waals surface area contributed by atoms with Crippen molar-refractivity contribution in [3.63, 3.8) is 0 Å². The molecule has 1 aromatic carbocycles. The maximum Gasteiger partial charge on any atom is 0.289 e. The molecule has 24 heavy (non-hydrogen) atoms. The van der Waals surface area contributed by atoms with Crippen LogP contribution in [0.5, 0.6) is 5.75 Å². The zero-order chi connectivity index (χ0) is 16.7. The Morgan fingerprint density at radius 2 is 2.00 bits per heavy atom. The third-order valence-electron chi connectivity index (χ3n) is 4.79. The van der Waals surface area contributed by atoms with Gasteiger partial charge in [-0.1, -0.05) is 6.92 Å². The van der Waals surface area contributed by atoms with Gasteiger partial charge in [-0.05, 0) is 43.0 Å². The Morgan fingerprint density at radius 1 is 1.21 bits per heavy atom. The highest BCUT2D eigenvalue weighted by Gasteiger charge is 2.24. The Kier molecular flexibility index (Phi) is 3.63. The lowest BCUT2D eigenvalue weighted by Gasteiger charge is -2.29. The highest BCUT2D eigenvalue weighted by Crippen LogP contribution is 2.27. The number of carbonyl (C=O) groups is 1. The van der Waals surface area contributed by atoms with Gasteiger partial charge in [-0.25, -0.2) is 4.98 Å². The first-order valence-electron chi connectivity index (χ1n) is 8.31. The van der Waals surface area contributed by atoms with Gasteiger partial charge in [0.2, 0.25) is 5.71 Å². The van der Waals surface area contributed by atoms with Crippen LogP contribution >= 0.6 is 0 Å². The number of amides is 1. The van der Waals surface area contributed by atoms with Crippen molar-refractivity contribution in [3.05, 3.63) is 36.1 Å². The van der Waals surface area contributed by atoms with E-state index in [1.54, 1.807) is 13.2 Å². The third-order valence-corrected chi connectivity index (χ3v) is 4.79. The third kappa shape index (κ3) is 2.60. The Morgan fingerprint density at radius 3 is 2.75 bits per heavy atom. The standard InChI is InChI=1S/C19H20N2O3/c1-12-5-7-21(8-6-12)19(22)17-10-14-9-13-3-4-15(23-2)11-16(13)20-18(14)24-17/h3-4,9-12H,5-8H2,1-2H3. The number of benzene rings is 1. The van der Waals surface area contributed by atoms with E-state index >= 15 is 0 Å². The molecule has 3 heterocycles.